The molecule has 2 unspecified atom stereocenters. The van der Waals surface area contributed by atoms with E-state index in [0.717, 1.165) is 51.4 Å². The number of hydrogen-bond donors (Lipinski definition) is 0. The molecule has 8 heteroatoms. The van der Waals surface area contributed by atoms with Crippen LogP contribution in [0.5, 0.6) is 0 Å². The Morgan fingerprint density at radius 3 is 1.38 bits per heavy atom. The quantitative estimate of drug-likeness (QED) is 0.0268. The molecule has 0 fully saturated rings. The molecule has 0 spiro atoms. The standard InChI is InChI=1S/C44H83NO7/c1-6-8-10-12-14-16-18-20-21-22-23-25-27-29-31-33-35-43(47)52-40(38-50-37-36-41(44(48)49)45(3,4)5)39-51-42(46)34-32-30-28-26-24-19-17-15-13-11-9-7-2/h21-22,40-41H,6-20,23-39H2,1-5H3/b22-21-. The average Bonchev–Trinajstić information content (AvgIpc) is 3.09. The third kappa shape index (κ3) is 33.9. The van der Waals surface area contributed by atoms with E-state index in [1.165, 1.54) is 116 Å². The smallest absolute Gasteiger partial charge is 0.306 e. The van der Waals surface area contributed by atoms with E-state index in [9.17, 15) is 19.5 Å². The van der Waals surface area contributed by atoms with E-state index in [1.54, 1.807) is 21.1 Å². The van der Waals surface area contributed by atoms with Crippen LogP contribution in [0, 0.1) is 0 Å². The summed E-state index contributed by atoms with van der Waals surface area (Å²) in [6.07, 6.45) is 36.5. The molecule has 0 amide bonds. The topological polar surface area (TPSA) is 102 Å². The zero-order valence-electron chi connectivity index (χ0n) is 34.7. The van der Waals surface area contributed by atoms with Crippen LogP contribution in [0.25, 0.3) is 0 Å². The number of carbonyl (C=O) groups is 3. The fraction of sp³-hybridized carbons (Fsp3) is 0.886. The lowest BCUT2D eigenvalue weighted by atomic mass is 10.0. The number of nitrogens with zero attached hydrogens (tertiary/aromatic N) is 1. The van der Waals surface area contributed by atoms with Crippen LogP contribution in [-0.2, 0) is 28.6 Å². The van der Waals surface area contributed by atoms with Crippen molar-refractivity contribution in [3.05, 3.63) is 12.2 Å². The number of quaternary nitrogens is 1. The Balaban J connectivity index is 4.34. The predicted molar refractivity (Wildman–Crippen MR) is 213 cm³/mol. The molecular weight excluding hydrogens is 654 g/mol. The van der Waals surface area contributed by atoms with Crippen molar-refractivity contribution in [3.8, 4) is 0 Å². The third-order valence-electron chi connectivity index (χ3n) is 9.90. The number of carbonyl (C=O) groups excluding carboxylic acids is 3. The number of carboxylic acid groups (broad SMARTS) is 1. The van der Waals surface area contributed by atoms with Gasteiger partial charge in [-0.15, -0.1) is 0 Å². The first-order valence-corrected chi connectivity index (χ1v) is 21.7. The molecule has 0 N–H and O–H groups in total. The summed E-state index contributed by atoms with van der Waals surface area (Å²) in [6, 6.07) is -0.722. The van der Waals surface area contributed by atoms with Crippen LogP contribution in [0.2, 0.25) is 0 Å². The van der Waals surface area contributed by atoms with E-state index >= 15 is 0 Å². The minimum atomic E-state index is -1.12. The molecule has 306 valence electrons. The number of ether oxygens (including phenoxy) is 3. The Labute approximate surface area is 320 Å². The summed E-state index contributed by atoms with van der Waals surface area (Å²) in [6.45, 7) is 4.66. The Morgan fingerprint density at radius 1 is 0.558 bits per heavy atom. The van der Waals surface area contributed by atoms with Gasteiger partial charge in [-0.2, -0.15) is 0 Å². The van der Waals surface area contributed by atoms with Gasteiger partial charge in [0, 0.05) is 19.3 Å². The van der Waals surface area contributed by atoms with Crippen molar-refractivity contribution in [1.29, 1.82) is 0 Å². The lowest BCUT2D eigenvalue weighted by Crippen LogP contribution is -2.55. The highest BCUT2D eigenvalue weighted by molar-refractivity contribution is 5.70. The maximum atomic E-state index is 12.7. The summed E-state index contributed by atoms with van der Waals surface area (Å²) in [5, 5.41) is 11.6. The SMILES string of the molecule is CCCCCCCCC/C=C\CCCCCCCC(=O)OC(COCCC(C(=O)[O-])[N+](C)(C)C)COC(=O)CCCCCCCCCCCCCC. The van der Waals surface area contributed by atoms with Crippen molar-refractivity contribution >= 4 is 17.9 Å². The monoisotopic (exact) mass is 738 g/mol. The lowest BCUT2D eigenvalue weighted by molar-refractivity contribution is -0.889. The Morgan fingerprint density at radius 2 is 0.962 bits per heavy atom. The molecule has 0 saturated carbocycles. The van der Waals surface area contributed by atoms with Gasteiger partial charge < -0.3 is 28.6 Å². The summed E-state index contributed by atoms with van der Waals surface area (Å²) in [4.78, 5) is 36.8. The molecule has 8 nitrogen and oxygen atoms in total. The van der Waals surface area contributed by atoms with E-state index in [2.05, 4.69) is 26.0 Å². The summed E-state index contributed by atoms with van der Waals surface area (Å²) in [5.41, 5.74) is 0. The second-order valence-electron chi connectivity index (χ2n) is 15.9. The number of allylic oxidation sites excluding steroid dienone is 2. The van der Waals surface area contributed by atoms with E-state index in [0.29, 0.717) is 12.8 Å². The van der Waals surface area contributed by atoms with Gasteiger partial charge in [-0.25, -0.2) is 0 Å². The van der Waals surface area contributed by atoms with Crippen molar-refractivity contribution in [2.75, 3.05) is 41.0 Å². The average molecular weight is 738 g/mol. The minimum absolute atomic E-state index is 0.0427. The van der Waals surface area contributed by atoms with Gasteiger partial charge in [0.2, 0.25) is 0 Å². The largest absolute Gasteiger partial charge is 0.544 e. The summed E-state index contributed by atoms with van der Waals surface area (Å²) < 4.78 is 17.1. The van der Waals surface area contributed by atoms with Crippen molar-refractivity contribution < 1.29 is 38.2 Å². The van der Waals surface area contributed by atoms with E-state index in [4.69, 9.17) is 14.2 Å². The number of esters is 2. The van der Waals surface area contributed by atoms with Crippen LogP contribution in [-0.4, -0.2) is 75.5 Å². The van der Waals surface area contributed by atoms with Crippen molar-refractivity contribution in [1.82, 2.24) is 0 Å². The van der Waals surface area contributed by atoms with Crippen LogP contribution >= 0.6 is 0 Å². The Hall–Kier alpha value is -1.93. The normalized spacial score (nSPS) is 13.0. The molecule has 0 aromatic rings. The molecule has 0 saturated heterocycles. The number of carboxylic acids is 1. The summed E-state index contributed by atoms with van der Waals surface area (Å²) in [7, 11) is 5.41. The molecule has 2 atom stereocenters. The fourth-order valence-corrected chi connectivity index (χ4v) is 6.48. The molecule has 52 heavy (non-hydrogen) atoms. The van der Waals surface area contributed by atoms with Gasteiger partial charge in [0.15, 0.2) is 6.10 Å². The van der Waals surface area contributed by atoms with Crippen LogP contribution in [0.1, 0.15) is 200 Å². The van der Waals surface area contributed by atoms with Crippen molar-refractivity contribution in [3.63, 3.8) is 0 Å². The second-order valence-corrected chi connectivity index (χ2v) is 15.9. The van der Waals surface area contributed by atoms with Crippen LogP contribution < -0.4 is 5.11 Å². The van der Waals surface area contributed by atoms with Gasteiger partial charge >= 0.3 is 11.9 Å². The van der Waals surface area contributed by atoms with E-state index < -0.39 is 18.1 Å². The highest BCUT2D eigenvalue weighted by Crippen LogP contribution is 2.15. The van der Waals surface area contributed by atoms with Gasteiger partial charge in [0.1, 0.15) is 12.6 Å². The van der Waals surface area contributed by atoms with Crippen LogP contribution in [0.4, 0.5) is 0 Å². The van der Waals surface area contributed by atoms with E-state index in [1.807, 2.05) is 0 Å². The number of hydrogen-bond acceptors (Lipinski definition) is 7. The molecule has 0 aromatic heterocycles. The molecule has 0 aliphatic rings. The zero-order valence-corrected chi connectivity index (χ0v) is 34.7. The molecule has 0 radical (unpaired) electrons. The maximum Gasteiger partial charge on any atom is 0.306 e. The molecule has 0 rings (SSSR count). The highest BCUT2D eigenvalue weighted by atomic mass is 16.6. The van der Waals surface area contributed by atoms with E-state index in [-0.39, 0.29) is 42.7 Å². The summed E-state index contributed by atoms with van der Waals surface area (Å²) in [5.74, 6) is -1.73. The molecule has 0 bridgehead atoms. The van der Waals surface area contributed by atoms with Gasteiger partial charge in [-0.1, -0.05) is 154 Å². The van der Waals surface area contributed by atoms with Gasteiger partial charge in [0.25, 0.3) is 0 Å². The fourth-order valence-electron chi connectivity index (χ4n) is 6.48. The van der Waals surface area contributed by atoms with Gasteiger partial charge in [-0.05, 0) is 38.5 Å². The summed E-state index contributed by atoms with van der Waals surface area (Å²) >= 11 is 0. The molecule has 0 aromatic carbocycles. The van der Waals surface area contributed by atoms with Crippen LogP contribution in [0.15, 0.2) is 12.2 Å². The van der Waals surface area contributed by atoms with Crippen molar-refractivity contribution in [2.45, 2.75) is 212 Å². The minimum Gasteiger partial charge on any atom is -0.544 e. The number of aliphatic carboxylic acids is 1. The number of likely N-dealkylation sites (N-methyl/N-ethyl adjacent to an activating group) is 1. The molecular formula is C44H83NO7. The van der Waals surface area contributed by atoms with Gasteiger partial charge in [-0.3, -0.25) is 9.59 Å². The Kier molecular flexibility index (Phi) is 34.7. The Bertz CT molecular complexity index is 869. The lowest BCUT2D eigenvalue weighted by Gasteiger charge is -2.34. The highest BCUT2D eigenvalue weighted by Gasteiger charge is 2.25. The predicted octanol–water partition coefficient (Wildman–Crippen LogP) is 10.2. The first-order chi connectivity index (χ1) is 25.1. The second kappa shape index (κ2) is 36.1. The first-order valence-electron chi connectivity index (χ1n) is 21.7. The van der Waals surface area contributed by atoms with Crippen LogP contribution in [0.3, 0.4) is 0 Å². The third-order valence-corrected chi connectivity index (χ3v) is 9.90. The van der Waals surface area contributed by atoms with Gasteiger partial charge in [0.05, 0.1) is 40.3 Å². The number of rotatable bonds is 39. The number of unbranched alkanes of at least 4 members (excludes halogenated alkanes) is 23. The first kappa shape index (κ1) is 50.1. The van der Waals surface area contributed by atoms with Crippen molar-refractivity contribution in [2.24, 2.45) is 0 Å². The maximum absolute atomic E-state index is 12.7. The molecule has 0 aliphatic carbocycles. The zero-order chi connectivity index (χ0) is 38.5. The molecule has 0 aliphatic heterocycles. The molecule has 0 heterocycles.